The number of methoxy groups -OCH3 is 1. The molecule has 0 aliphatic rings. The monoisotopic (exact) mass is 357 g/mol. The third kappa shape index (κ3) is 3.48. The first kappa shape index (κ1) is 19.3. The predicted molar refractivity (Wildman–Crippen MR) is 99.6 cm³/mol. The van der Waals surface area contributed by atoms with Gasteiger partial charge in [0.2, 0.25) is 0 Å². The molecule has 0 saturated heterocycles. The molecule has 138 valence electrons. The second-order valence-corrected chi connectivity index (χ2v) is 6.14. The standard InChI is InChI=1S/C18H23N5O3/c1-21(2)14(12-8-6-7-9-15(12)26-5)11-20-16-13(10-19)17(24)23(4)18(25)22(16)3/h6-9,14,20H,11H2,1-5H3. The lowest BCUT2D eigenvalue weighted by atomic mass is 10.0. The molecule has 8 nitrogen and oxygen atoms in total. The third-order valence-corrected chi connectivity index (χ3v) is 4.36. The van der Waals surface area contributed by atoms with Crippen molar-refractivity contribution in [1.29, 1.82) is 5.26 Å². The number of ether oxygens (including phenoxy) is 1. The van der Waals surface area contributed by atoms with Gasteiger partial charge in [0.05, 0.1) is 13.2 Å². The van der Waals surface area contributed by atoms with Crippen molar-refractivity contribution in [3.05, 3.63) is 56.2 Å². The minimum absolute atomic E-state index is 0.0906. The van der Waals surface area contributed by atoms with Crippen molar-refractivity contribution in [1.82, 2.24) is 14.0 Å². The number of nitrogens with one attached hydrogen (secondary N) is 1. The van der Waals surface area contributed by atoms with Crippen LogP contribution in [0.3, 0.4) is 0 Å². The average Bonchev–Trinajstić information content (AvgIpc) is 2.64. The first-order valence-electron chi connectivity index (χ1n) is 8.06. The van der Waals surface area contributed by atoms with E-state index in [1.807, 2.05) is 49.3 Å². The Bertz CT molecular complexity index is 953. The maximum Gasteiger partial charge on any atom is 0.332 e. The van der Waals surface area contributed by atoms with E-state index >= 15 is 0 Å². The van der Waals surface area contributed by atoms with E-state index in [-0.39, 0.29) is 17.4 Å². The molecule has 1 aromatic heterocycles. The van der Waals surface area contributed by atoms with Crippen LogP contribution in [-0.2, 0) is 14.1 Å². The highest BCUT2D eigenvalue weighted by Crippen LogP contribution is 2.28. The minimum Gasteiger partial charge on any atom is -0.496 e. The first-order chi connectivity index (χ1) is 12.3. The topological polar surface area (TPSA) is 92.3 Å². The Morgan fingerprint density at radius 1 is 1.23 bits per heavy atom. The molecule has 1 N–H and O–H groups in total. The highest BCUT2D eigenvalue weighted by molar-refractivity contribution is 5.51. The third-order valence-electron chi connectivity index (χ3n) is 4.36. The summed E-state index contributed by atoms with van der Waals surface area (Å²) in [5.74, 6) is 0.953. The smallest absolute Gasteiger partial charge is 0.332 e. The van der Waals surface area contributed by atoms with E-state index in [1.165, 1.54) is 18.7 Å². The van der Waals surface area contributed by atoms with Gasteiger partial charge in [0.15, 0.2) is 5.56 Å². The lowest BCUT2D eigenvalue weighted by Gasteiger charge is -2.27. The molecule has 1 atom stereocenters. The normalized spacial score (nSPS) is 11.9. The van der Waals surface area contributed by atoms with Crippen LogP contribution in [0.5, 0.6) is 5.75 Å². The van der Waals surface area contributed by atoms with Gasteiger partial charge < -0.3 is 15.0 Å². The van der Waals surface area contributed by atoms with Gasteiger partial charge in [-0.3, -0.25) is 13.9 Å². The lowest BCUT2D eigenvalue weighted by Crippen LogP contribution is -2.40. The first-order valence-corrected chi connectivity index (χ1v) is 8.06. The molecule has 0 bridgehead atoms. The molecule has 0 aliphatic heterocycles. The maximum atomic E-state index is 12.2. The molecule has 0 spiro atoms. The Kier molecular flexibility index (Phi) is 5.85. The molecule has 1 aromatic carbocycles. The summed E-state index contributed by atoms with van der Waals surface area (Å²) < 4.78 is 7.63. The summed E-state index contributed by atoms with van der Waals surface area (Å²) in [6.07, 6.45) is 0. The van der Waals surface area contributed by atoms with Crippen molar-refractivity contribution in [2.75, 3.05) is 33.1 Å². The fourth-order valence-corrected chi connectivity index (χ4v) is 2.86. The number of nitrogens with zero attached hydrogens (tertiary/aromatic N) is 4. The minimum atomic E-state index is -0.614. The van der Waals surface area contributed by atoms with E-state index in [2.05, 4.69) is 5.32 Å². The molecule has 8 heteroatoms. The second kappa shape index (κ2) is 7.89. The van der Waals surface area contributed by atoms with E-state index in [4.69, 9.17) is 4.74 Å². The van der Waals surface area contributed by atoms with Gasteiger partial charge in [0, 0.05) is 26.2 Å². The van der Waals surface area contributed by atoms with Crippen LogP contribution in [0, 0.1) is 11.3 Å². The van der Waals surface area contributed by atoms with Crippen molar-refractivity contribution in [3.63, 3.8) is 0 Å². The zero-order valence-corrected chi connectivity index (χ0v) is 15.6. The quantitative estimate of drug-likeness (QED) is 0.817. The van der Waals surface area contributed by atoms with Crippen LogP contribution < -0.4 is 21.3 Å². The summed E-state index contributed by atoms with van der Waals surface area (Å²) in [6.45, 7) is 0.377. The molecule has 1 heterocycles. The van der Waals surface area contributed by atoms with Gasteiger partial charge in [-0.1, -0.05) is 18.2 Å². The van der Waals surface area contributed by atoms with Gasteiger partial charge in [0.25, 0.3) is 5.56 Å². The van der Waals surface area contributed by atoms with Crippen molar-refractivity contribution in [3.8, 4) is 11.8 Å². The Morgan fingerprint density at radius 2 is 1.88 bits per heavy atom. The van der Waals surface area contributed by atoms with E-state index in [9.17, 15) is 14.9 Å². The number of likely N-dealkylation sites (N-methyl/N-ethyl adjacent to an activating group) is 1. The van der Waals surface area contributed by atoms with Gasteiger partial charge in [-0.25, -0.2) is 4.79 Å². The van der Waals surface area contributed by atoms with Crippen LogP contribution in [0.2, 0.25) is 0 Å². The molecule has 26 heavy (non-hydrogen) atoms. The lowest BCUT2D eigenvalue weighted by molar-refractivity contribution is 0.299. The van der Waals surface area contributed by atoms with E-state index in [0.717, 1.165) is 15.9 Å². The van der Waals surface area contributed by atoms with Gasteiger partial charge in [-0.2, -0.15) is 5.26 Å². The van der Waals surface area contributed by atoms with E-state index in [1.54, 1.807) is 7.11 Å². The molecular formula is C18H23N5O3. The highest BCUT2D eigenvalue weighted by atomic mass is 16.5. The molecule has 1 unspecified atom stereocenters. The average molecular weight is 357 g/mol. The Balaban J connectivity index is 2.45. The molecule has 0 aliphatic carbocycles. The van der Waals surface area contributed by atoms with Crippen molar-refractivity contribution in [2.24, 2.45) is 14.1 Å². The van der Waals surface area contributed by atoms with Crippen LogP contribution >= 0.6 is 0 Å². The summed E-state index contributed by atoms with van der Waals surface area (Å²) in [4.78, 5) is 26.4. The van der Waals surface area contributed by atoms with Crippen LogP contribution in [-0.4, -0.2) is 41.8 Å². The SMILES string of the molecule is COc1ccccc1C(CNc1c(C#N)c(=O)n(C)c(=O)n1C)N(C)C. The number of para-hydroxylation sites is 1. The molecule has 2 rings (SSSR count). The molecule has 0 saturated carbocycles. The zero-order chi connectivity index (χ0) is 19.4. The van der Waals surface area contributed by atoms with Crippen LogP contribution in [0.15, 0.2) is 33.9 Å². The molecular weight excluding hydrogens is 334 g/mol. The number of anilines is 1. The number of benzene rings is 1. The largest absolute Gasteiger partial charge is 0.496 e. The fraction of sp³-hybridized carbons (Fsp3) is 0.389. The summed E-state index contributed by atoms with van der Waals surface area (Å²) in [7, 11) is 8.34. The van der Waals surface area contributed by atoms with Gasteiger partial charge in [-0.15, -0.1) is 0 Å². The Labute approximate surface area is 151 Å². The maximum absolute atomic E-state index is 12.2. The van der Waals surface area contributed by atoms with Crippen LogP contribution in [0.1, 0.15) is 17.2 Å². The number of hydrogen-bond acceptors (Lipinski definition) is 6. The molecule has 0 amide bonds. The van der Waals surface area contributed by atoms with Gasteiger partial charge in [0.1, 0.15) is 17.6 Å². The summed E-state index contributed by atoms with van der Waals surface area (Å²) in [5.41, 5.74) is -0.237. The zero-order valence-electron chi connectivity index (χ0n) is 15.6. The summed E-state index contributed by atoms with van der Waals surface area (Å²) >= 11 is 0. The van der Waals surface area contributed by atoms with E-state index < -0.39 is 11.2 Å². The highest BCUT2D eigenvalue weighted by Gasteiger charge is 2.21. The van der Waals surface area contributed by atoms with Crippen molar-refractivity contribution >= 4 is 5.82 Å². The molecule has 2 aromatic rings. The Morgan fingerprint density at radius 3 is 2.46 bits per heavy atom. The van der Waals surface area contributed by atoms with Crippen LogP contribution in [0.25, 0.3) is 0 Å². The number of aromatic nitrogens is 2. The number of nitriles is 1. The number of rotatable bonds is 6. The molecule has 0 fully saturated rings. The molecule has 0 radical (unpaired) electrons. The van der Waals surface area contributed by atoms with Crippen molar-refractivity contribution < 1.29 is 4.74 Å². The van der Waals surface area contributed by atoms with Crippen molar-refractivity contribution in [2.45, 2.75) is 6.04 Å². The number of hydrogen-bond donors (Lipinski definition) is 1. The Hall–Kier alpha value is -3.05. The summed E-state index contributed by atoms with van der Waals surface area (Å²) in [5, 5.41) is 12.5. The second-order valence-electron chi connectivity index (χ2n) is 6.14. The summed E-state index contributed by atoms with van der Waals surface area (Å²) in [6, 6.07) is 9.44. The van der Waals surface area contributed by atoms with Gasteiger partial charge >= 0.3 is 5.69 Å². The fourth-order valence-electron chi connectivity index (χ4n) is 2.86. The van der Waals surface area contributed by atoms with E-state index in [0.29, 0.717) is 6.54 Å². The van der Waals surface area contributed by atoms with Gasteiger partial charge in [-0.05, 0) is 20.2 Å². The van der Waals surface area contributed by atoms with Crippen LogP contribution in [0.4, 0.5) is 5.82 Å². The predicted octanol–water partition coefficient (Wildman–Crippen LogP) is 0.679.